The number of benzene rings is 2. The van der Waals surface area contributed by atoms with Gasteiger partial charge in [-0.15, -0.1) is 0 Å². The maximum atomic E-state index is 13.1. The molecule has 0 bridgehead atoms. The number of piperidine rings is 1. The van der Waals surface area contributed by atoms with Gasteiger partial charge in [0.2, 0.25) is 0 Å². The van der Waals surface area contributed by atoms with E-state index in [1.54, 1.807) is 31.2 Å². The molecule has 7 heteroatoms. The Morgan fingerprint density at radius 3 is 2.50 bits per heavy atom. The molecule has 172 valence electrons. The summed E-state index contributed by atoms with van der Waals surface area (Å²) in [5.41, 5.74) is 1.14. The van der Waals surface area contributed by atoms with Crippen molar-refractivity contribution in [2.75, 3.05) is 31.5 Å². The number of halogens is 1. The number of Topliss-reactive ketones (excluding diaryl/α,β-unsaturated/α-hetero) is 1. The Labute approximate surface area is 188 Å². The molecule has 2 aromatic carbocycles. The second-order valence-electron chi connectivity index (χ2n) is 8.99. The molecule has 3 rings (SSSR count). The zero-order valence-corrected chi connectivity index (χ0v) is 18.7. The lowest BCUT2D eigenvalue weighted by molar-refractivity contribution is 0.0122. The topological polar surface area (TPSA) is 81.7 Å². The highest BCUT2D eigenvalue weighted by Gasteiger charge is 2.28. The first-order valence-corrected chi connectivity index (χ1v) is 11.1. The number of aliphatic hydroxyl groups is 1. The van der Waals surface area contributed by atoms with Crippen molar-refractivity contribution in [1.29, 1.82) is 0 Å². The molecule has 0 radical (unpaired) electrons. The van der Waals surface area contributed by atoms with Gasteiger partial charge in [-0.1, -0.05) is 24.3 Å². The Morgan fingerprint density at radius 1 is 1.16 bits per heavy atom. The smallest absolute Gasteiger partial charge is 0.319 e. The summed E-state index contributed by atoms with van der Waals surface area (Å²) in [7, 11) is 0. The Bertz CT molecular complexity index is 922. The number of likely N-dealkylation sites (tertiary alicyclic amines) is 1. The molecule has 3 N–H and O–H groups in total. The highest BCUT2D eigenvalue weighted by Crippen LogP contribution is 2.23. The maximum Gasteiger partial charge on any atom is 0.319 e. The average molecular weight is 442 g/mol. The van der Waals surface area contributed by atoms with Crippen LogP contribution in [0.3, 0.4) is 0 Å². The van der Waals surface area contributed by atoms with E-state index in [0.717, 1.165) is 37.9 Å². The van der Waals surface area contributed by atoms with E-state index in [2.05, 4.69) is 15.5 Å². The van der Waals surface area contributed by atoms with Gasteiger partial charge in [0.15, 0.2) is 5.78 Å². The molecule has 0 spiro atoms. The molecule has 32 heavy (non-hydrogen) atoms. The highest BCUT2D eigenvalue weighted by molar-refractivity contribution is 5.96. The van der Waals surface area contributed by atoms with Gasteiger partial charge in [0, 0.05) is 24.3 Å². The average Bonchev–Trinajstić information content (AvgIpc) is 2.75. The number of carbonyl (C=O) groups is 2. The normalized spacial score (nSPS) is 16.9. The van der Waals surface area contributed by atoms with Crippen LogP contribution in [0.2, 0.25) is 0 Å². The molecule has 1 unspecified atom stereocenters. The third-order valence-electron chi connectivity index (χ3n) is 5.87. The number of hydrogen-bond donors (Lipinski definition) is 3. The van der Waals surface area contributed by atoms with Crippen LogP contribution in [0.5, 0.6) is 0 Å². The molecule has 0 aliphatic carbocycles. The van der Waals surface area contributed by atoms with Crippen molar-refractivity contribution in [3.8, 4) is 0 Å². The highest BCUT2D eigenvalue weighted by atomic mass is 19.1. The molecule has 2 amide bonds. The fourth-order valence-corrected chi connectivity index (χ4v) is 4.10. The third kappa shape index (κ3) is 7.43. The standard InChI is InChI=1S/C25H32FN3O3/c1-18(30)21-4-3-5-23(15-21)28-24(31)27-16-25(2,32)17-29-12-10-20(11-13-29)14-19-6-8-22(26)9-7-19/h3-9,15,20,32H,10-14,16-17H2,1-2H3,(H2,27,28,31). The summed E-state index contributed by atoms with van der Waals surface area (Å²) in [6.45, 7) is 5.53. The number of ketones is 1. The Balaban J connectivity index is 1.40. The number of anilines is 1. The molecule has 1 saturated heterocycles. The van der Waals surface area contributed by atoms with Crippen molar-refractivity contribution in [1.82, 2.24) is 10.2 Å². The van der Waals surface area contributed by atoms with E-state index < -0.39 is 11.6 Å². The summed E-state index contributed by atoms with van der Waals surface area (Å²) in [5.74, 6) is 0.271. The fraction of sp³-hybridized carbons (Fsp3) is 0.440. The first kappa shape index (κ1) is 23.9. The molecule has 1 heterocycles. The van der Waals surface area contributed by atoms with Gasteiger partial charge in [-0.3, -0.25) is 4.79 Å². The Kier molecular flexibility index (Phi) is 7.99. The second-order valence-corrected chi connectivity index (χ2v) is 8.99. The van der Waals surface area contributed by atoms with Crippen LogP contribution in [0.4, 0.5) is 14.9 Å². The van der Waals surface area contributed by atoms with Gasteiger partial charge in [0.05, 0.1) is 5.60 Å². The van der Waals surface area contributed by atoms with Crippen LogP contribution in [0.1, 0.15) is 42.6 Å². The molecular weight excluding hydrogens is 409 g/mol. The number of β-amino-alcohol motifs (C(OH)–C–C–N with tert-alkyl or cyclic N) is 1. The number of urea groups is 1. The predicted octanol–water partition coefficient (Wildman–Crippen LogP) is 3.86. The van der Waals surface area contributed by atoms with Crippen molar-refractivity contribution >= 4 is 17.5 Å². The molecule has 0 aromatic heterocycles. The molecule has 1 atom stereocenters. The van der Waals surface area contributed by atoms with E-state index in [4.69, 9.17) is 0 Å². The fourth-order valence-electron chi connectivity index (χ4n) is 4.10. The van der Waals surface area contributed by atoms with Gasteiger partial charge < -0.3 is 20.6 Å². The van der Waals surface area contributed by atoms with Crippen molar-refractivity contribution in [3.63, 3.8) is 0 Å². The van der Waals surface area contributed by atoms with Crippen LogP contribution in [0, 0.1) is 11.7 Å². The zero-order valence-electron chi connectivity index (χ0n) is 18.7. The van der Waals surface area contributed by atoms with E-state index in [1.807, 2.05) is 12.1 Å². The Morgan fingerprint density at radius 2 is 1.84 bits per heavy atom. The van der Waals surface area contributed by atoms with Crippen LogP contribution in [0.15, 0.2) is 48.5 Å². The van der Waals surface area contributed by atoms with Gasteiger partial charge in [0.25, 0.3) is 0 Å². The monoisotopic (exact) mass is 441 g/mol. The van der Waals surface area contributed by atoms with Gasteiger partial charge in [0.1, 0.15) is 5.82 Å². The number of amides is 2. The van der Waals surface area contributed by atoms with Crippen molar-refractivity contribution in [2.24, 2.45) is 5.92 Å². The van der Waals surface area contributed by atoms with E-state index in [-0.39, 0.29) is 18.1 Å². The molecule has 0 saturated carbocycles. The molecular formula is C25H32FN3O3. The molecule has 2 aromatic rings. The summed E-state index contributed by atoms with van der Waals surface area (Å²) in [4.78, 5) is 25.9. The second kappa shape index (κ2) is 10.7. The van der Waals surface area contributed by atoms with Gasteiger partial charge in [-0.2, -0.15) is 0 Å². The van der Waals surface area contributed by atoms with Crippen LogP contribution in [-0.4, -0.2) is 53.6 Å². The van der Waals surface area contributed by atoms with E-state index in [1.165, 1.54) is 19.1 Å². The first-order chi connectivity index (χ1) is 15.2. The van der Waals surface area contributed by atoms with Crippen molar-refractivity contribution in [3.05, 3.63) is 65.5 Å². The Hall–Kier alpha value is -2.77. The van der Waals surface area contributed by atoms with Gasteiger partial charge in [-0.25, -0.2) is 9.18 Å². The van der Waals surface area contributed by atoms with Crippen molar-refractivity contribution in [2.45, 2.75) is 38.7 Å². The maximum absolute atomic E-state index is 13.1. The number of rotatable bonds is 8. The molecule has 1 aliphatic rings. The minimum Gasteiger partial charge on any atom is -0.387 e. The minimum absolute atomic E-state index is 0.0709. The van der Waals surface area contributed by atoms with E-state index >= 15 is 0 Å². The third-order valence-corrected chi connectivity index (χ3v) is 5.87. The van der Waals surface area contributed by atoms with Crippen LogP contribution >= 0.6 is 0 Å². The number of hydrogen-bond acceptors (Lipinski definition) is 4. The summed E-state index contributed by atoms with van der Waals surface area (Å²) in [6.07, 6.45) is 2.98. The summed E-state index contributed by atoms with van der Waals surface area (Å²) >= 11 is 0. The largest absolute Gasteiger partial charge is 0.387 e. The number of carbonyl (C=O) groups excluding carboxylic acids is 2. The summed E-state index contributed by atoms with van der Waals surface area (Å²) < 4.78 is 13.1. The number of nitrogens with zero attached hydrogens (tertiary/aromatic N) is 1. The van der Waals surface area contributed by atoms with Gasteiger partial charge >= 0.3 is 6.03 Å². The first-order valence-electron chi connectivity index (χ1n) is 11.1. The van der Waals surface area contributed by atoms with Crippen LogP contribution in [-0.2, 0) is 6.42 Å². The van der Waals surface area contributed by atoms with Crippen molar-refractivity contribution < 1.29 is 19.1 Å². The lowest BCUT2D eigenvalue weighted by Gasteiger charge is -2.36. The molecule has 1 fully saturated rings. The molecule has 6 nitrogen and oxygen atoms in total. The zero-order chi connectivity index (χ0) is 23.1. The van der Waals surface area contributed by atoms with Crippen LogP contribution < -0.4 is 10.6 Å². The van der Waals surface area contributed by atoms with Crippen LogP contribution in [0.25, 0.3) is 0 Å². The summed E-state index contributed by atoms with van der Waals surface area (Å²) in [6, 6.07) is 13.0. The van der Waals surface area contributed by atoms with E-state index in [0.29, 0.717) is 23.7 Å². The number of nitrogens with one attached hydrogen (secondary N) is 2. The SMILES string of the molecule is CC(=O)c1cccc(NC(=O)NCC(C)(O)CN2CCC(Cc3ccc(F)cc3)CC2)c1. The quantitative estimate of drug-likeness (QED) is 0.544. The van der Waals surface area contributed by atoms with E-state index in [9.17, 15) is 19.1 Å². The predicted molar refractivity (Wildman–Crippen MR) is 123 cm³/mol. The van der Waals surface area contributed by atoms with Gasteiger partial charge in [-0.05, 0) is 81.9 Å². The minimum atomic E-state index is -1.07. The molecule has 1 aliphatic heterocycles. The lowest BCUT2D eigenvalue weighted by atomic mass is 9.89. The summed E-state index contributed by atoms with van der Waals surface area (Å²) in [5, 5.41) is 16.2. The lowest BCUT2D eigenvalue weighted by Crippen LogP contribution is -2.51.